The first kappa shape index (κ1) is 11.7. The monoisotopic (exact) mass is 198 g/mol. The van der Waals surface area contributed by atoms with Gasteiger partial charge in [-0.3, -0.25) is 4.79 Å². The summed E-state index contributed by atoms with van der Waals surface area (Å²) >= 11 is 0. The smallest absolute Gasteiger partial charge is 0.138 e. The third kappa shape index (κ3) is 2.81. The van der Waals surface area contributed by atoms with Gasteiger partial charge in [-0.25, -0.2) is 0 Å². The summed E-state index contributed by atoms with van der Waals surface area (Å²) in [6, 6.07) is 0. The lowest BCUT2D eigenvalue weighted by Gasteiger charge is -2.16. The van der Waals surface area contributed by atoms with Gasteiger partial charge in [-0.05, 0) is 18.3 Å². The Balaban J connectivity index is 2.33. The van der Waals surface area contributed by atoms with E-state index in [0.29, 0.717) is 12.3 Å². The molecule has 0 aromatic heterocycles. The molecule has 0 spiro atoms. The van der Waals surface area contributed by atoms with Crippen LogP contribution in [-0.4, -0.2) is 17.0 Å². The standard InChI is InChI=1S/C12H22O2/c1-8(2)5-4-6-10-9(3)11(13)7-12(10)14/h8-11,13H,4-7H2,1-3H3/t9-,10-,11?/m1/s1. The minimum Gasteiger partial charge on any atom is -0.392 e. The lowest BCUT2D eigenvalue weighted by Crippen LogP contribution is -2.17. The van der Waals surface area contributed by atoms with Gasteiger partial charge < -0.3 is 5.11 Å². The molecule has 0 saturated heterocycles. The van der Waals surface area contributed by atoms with Crippen molar-refractivity contribution in [3.63, 3.8) is 0 Å². The van der Waals surface area contributed by atoms with E-state index in [1.54, 1.807) is 0 Å². The molecular formula is C12H22O2. The highest BCUT2D eigenvalue weighted by molar-refractivity contribution is 5.84. The second kappa shape index (κ2) is 4.92. The fourth-order valence-electron chi connectivity index (χ4n) is 2.27. The fourth-order valence-corrected chi connectivity index (χ4v) is 2.27. The van der Waals surface area contributed by atoms with E-state index in [-0.39, 0.29) is 23.7 Å². The van der Waals surface area contributed by atoms with Crippen molar-refractivity contribution < 1.29 is 9.90 Å². The third-order valence-corrected chi connectivity index (χ3v) is 3.36. The minimum absolute atomic E-state index is 0.128. The molecule has 1 saturated carbocycles. The molecule has 1 fully saturated rings. The Morgan fingerprint density at radius 1 is 1.50 bits per heavy atom. The Hall–Kier alpha value is -0.370. The van der Waals surface area contributed by atoms with Gasteiger partial charge in [0.25, 0.3) is 0 Å². The molecule has 2 heteroatoms. The van der Waals surface area contributed by atoms with E-state index in [1.165, 1.54) is 6.42 Å². The summed E-state index contributed by atoms with van der Waals surface area (Å²) in [6.07, 6.45) is 3.27. The van der Waals surface area contributed by atoms with Gasteiger partial charge in [0.05, 0.1) is 6.10 Å². The van der Waals surface area contributed by atoms with Crippen LogP contribution in [0.15, 0.2) is 0 Å². The topological polar surface area (TPSA) is 37.3 Å². The molecule has 0 amide bonds. The van der Waals surface area contributed by atoms with E-state index in [0.717, 1.165) is 12.8 Å². The lowest BCUT2D eigenvalue weighted by molar-refractivity contribution is -0.121. The van der Waals surface area contributed by atoms with E-state index < -0.39 is 0 Å². The van der Waals surface area contributed by atoms with E-state index in [2.05, 4.69) is 13.8 Å². The highest BCUT2D eigenvalue weighted by Crippen LogP contribution is 2.32. The van der Waals surface area contributed by atoms with E-state index >= 15 is 0 Å². The van der Waals surface area contributed by atoms with Crippen molar-refractivity contribution in [1.29, 1.82) is 0 Å². The molecule has 3 atom stereocenters. The number of aliphatic hydroxyl groups is 1. The largest absolute Gasteiger partial charge is 0.392 e. The molecular weight excluding hydrogens is 176 g/mol. The summed E-state index contributed by atoms with van der Waals surface area (Å²) in [7, 11) is 0. The fraction of sp³-hybridized carbons (Fsp3) is 0.917. The molecule has 0 aliphatic heterocycles. The van der Waals surface area contributed by atoms with Crippen molar-refractivity contribution in [2.45, 2.75) is 52.6 Å². The SMILES string of the molecule is CC(C)CCC[C@H]1C(=O)CC(O)[C@@H]1C. The number of carbonyl (C=O) groups is 1. The minimum atomic E-state index is -0.383. The normalized spacial score (nSPS) is 32.9. The molecule has 0 heterocycles. The zero-order valence-corrected chi connectivity index (χ0v) is 9.49. The van der Waals surface area contributed by atoms with E-state index in [9.17, 15) is 9.90 Å². The lowest BCUT2D eigenvalue weighted by atomic mass is 9.90. The van der Waals surface area contributed by atoms with Crippen molar-refractivity contribution in [2.75, 3.05) is 0 Å². The molecule has 1 rings (SSSR count). The number of hydrogen-bond donors (Lipinski definition) is 1. The summed E-state index contributed by atoms with van der Waals surface area (Å²) < 4.78 is 0. The van der Waals surface area contributed by atoms with E-state index in [4.69, 9.17) is 0 Å². The summed E-state index contributed by atoms with van der Waals surface area (Å²) in [5.74, 6) is 1.29. The average Bonchev–Trinajstić information content (AvgIpc) is 2.31. The van der Waals surface area contributed by atoms with Crippen LogP contribution in [0.4, 0.5) is 0 Å². The highest BCUT2D eigenvalue weighted by Gasteiger charge is 2.37. The van der Waals surface area contributed by atoms with Crippen molar-refractivity contribution in [2.24, 2.45) is 17.8 Å². The van der Waals surface area contributed by atoms with E-state index in [1.807, 2.05) is 6.92 Å². The van der Waals surface area contributed by atoms with Crippen LogP contribution in [0.3, 0.4) is 0 Å². The van der Waals surface area contributed by atoms with Crippen LogP contribution in [-0.2, 0) is 4.79 Å². The number of rotatable bonds is 4. The molecule has 14 heavy (non-hydrogen) atoms. The first-order valence-electron chi connectivity index (χ1n) is 5.73. The predicted molar refractivity (Wildman–Crippen MR) is 57.0 cm³/mol. The third-order valence-electron chi connectivity index (χ3n) is 3.36. The Bertz CT molecular complexity index is 198. The van der Waals surface area contributed by atoms with Gasteiger partial charge in [0.1, 0.15) is 5.78 Å². The molecule has 1 aliphatic rings. The quantitative estimate of drug-likeness (QED) is 0.753. The van der Waals surface area contributed by atoms with Gasteiger partial charge in [0.2, 0.25) is 0 Å². The average molecular weight is 198 g/mol. The molecule has 0 aromatic rings. The number of hydrogen-bond acceptors (Lipinski definition) is 2. The van der Waals surface area contributed by atoms with Crippen LogP contribution in [0.5, 0.6) is 0 Å². The van der Waals surface area contributed by atoms with Gasteiger partial charge >= 0.3 is 0 Å². The number of aliphatic hydroxyl groups excluding tert-OH is 1. The van der Waals surface area contributed by atoms with Gasteiger partial charge in [0, 0.05) is 12.3 Å². The summed E-state index contributed by atoms with van der Waals surface area (Å²) in [5.41, 5.74) is 0. The van der Waals surface area contributed by atoms with Crippen molar-refractivity contribution in [3.8, 4) is 0 Å². The first-order valence-corrected chi connectivity index (χ1v) is 5.73. The maximum absolute atomic E-state index is 11.5. The number of ketones is 1. The molecule has 1 aliphatic carbocycles. The zero-order valence-electron chi connectivity index (χ0n) is 9.49. The van der Waals surface area contributed by atoms with Crippen LogP contribution in [0, 0.1) is 17.8 Å². The van der Waals surface area contributed by atoms with Crippen molar-refractivity contribution in [3.05, 3.63) is 0 Å². The number of Topliss-reactive ketones (excluding diaryl/α,β-unsaturated/α-hetero) is 1. The van der Waals surface area contributed by atoms with Crippen molar-refractivity contribution in [1.82, 2.24) is 0 Å². The Labute approximate surface area is 86.7 Å². The maximum atomic E-state index is 11.5. The summed E-state index contributed by atoms with van der Waals surface area (Å²) in [6.45, 7) is 6.40. The van der Waals surface area contributed by atoms with Crippen molar-refractivity contribution >= 4 is 5.78 Å². The van der Waals surface area contributed by atoms with Crippen LogP contribution in [0.1, 0.15) is 46.5 Å². The molecule has 1 N–H and O–H groups in total. The van der Waals surface area contributed by atoms with Crippen LogP contribution < -0.4 is 0 Å². The zero-order chi connectivity index (χ0) is 10.7. The Kier molecular flexibility index (Phi) is 4.11. The Morgan fingerprint density at radius 3 is 2.57 bits per heavy atom. The molecule has 0 bridgehead atoms. The van der Waals surface area contributed by atoms with Crippen LogP contribution in [0.25, 0.3) is 0 Å². The summed E-state index contributed by atoms with van der Waals surface area (Å²) in [4.78, 5) is 11.5. The molecule has 82 valence electrons. The molecule has 0 aromatic carbocycles. The maximum Gasteiger partial charge on any atom is 0.138 e. The summed E-state index contributed by atoms with van der Waals surface area (Å²) in [5, 5.41) is 9.53. The first-order chi connectivity index (χ1) is 6.52. The van der Waals surface area contributed by atoms with Gasteiger partial charge in [0.15, 0.2) is 0 Å². The second-order valence-electron chi connectivity index (χ2n) is 5.03. The highest BCUT2D eigenvalue weighted by atomic mass is 16.3. The predicted octanol–water partition coefficient (Wildman–Crippen LogP) is 2.40. The van der Waals surface area contributed by atoms with Gasteiger partial charge in [-0.2, -0.15) is 0 Å². The molecule has 2 nitrogen and oxygen atoms in total. The number of carbonyl (C=O) groups excluding carboxylic acids is 1. The van der Waals surface area contributed by atoms with Gasteiger partial charge in [-0.15, -0.1) is 0 Å². The molecule has 1 unspecified atom stereocenters. The second-order valence-corrected chi connectivity index (χ2v) is 5.03. The van der Waals surface area contributed by atoms with Crippen LogP contribution in [0.2, 0.25) is 0 Å². The van der Waals surface area contributed by atoms with Crippen LogP contribution >= 0.6 is 0 Å². The molecule has 0 radical (unpaired) electrons. The van der Waals surface area contributed by atoms with Gasteiger partial charge in [-0.1, -0.05) is 33.6 Å². The Morgan fingerprint density at radius 2 is 2.14 bits per heavy atom.